The van der Waals surface area contributed by atoms with E-state index in [2.05, 4.69) is 0 Å². The maximum atomic E-state index is 10.9. The Labute approximate surface area is 84.2 Å². The fraction of sp³-hybridized carbons (Fsp3) is 0.375. The van der Waals surface area contributed by atoms with Gasteiger partial charge in [0.2, 0.25) is 0 Å². The average molecular weight is 280 g/mol. The van der Waals surface area contributed by atoms with E-state index in [0.717, 1.165) is 3.77 Å². The van der Waals surface area contributed by atoms with E-state index in [1.807, 2.05) is 28.7 Å². The molecular weight excluding hydrogens is 271 g/mol. The number of carbonyl (C=O) groups is 1. The van der Waals surface area contributed by atoms with E-state index in [1.165, 1.54) is 0 Å². The van der Waals surface area contributed by atoms with Crippen molar-refractivity contribution in [3.8, 4) is 0 Å². The first-order valence-corrected chi connectivity index (χ1v) is 4.70. The average Bonchev–Trinajstić information content (AvgIpc) is 2.36. The van der Waals surface area contributed by atoms with Crippen LogP contribution in [0, 0.1) is 3.77 Å². The van der Waals surface area contributed by atoms with E-state index in [1.54, 1.807) is 13.0 Å². The number of hydrogen-bond donors (Lipinski definition) is 0. The summed E-state index contributed by atoms with van der Waals surface area (Å²) in [4.78, 5) is 10.9. The molecule has 0 unspecified atom stereocenters. The molecule has 0 radical (unpaired) electrons. The van der Waals surface area contributed by atoms with E-state index in [4.69, 9.17) is 9.15 Å². The third-order valence-electron chi connectivity index (χ3n) is 1.25. The van der Waals surface area contributed by atoms with Crippen LogP contribution in [0.25, 0.3) is 0 Å². The molecule has 12 heavy (non-hydrogen) atoms. The van der Waals surface area contributed by atoms with Gasteiger partial charge in [-0.3, -0.25) is 4.79 Å². The van der Waals surface area contributed by atoms with Crippen LogP contribution < -0.4 is 0 Å². The zero-order valence-electron chi connectivity index (χ0n) is 6.67. The van der Waals surface area contributed by atoms with Crippen LogP contribution in [-0.2, 0) is 16.0 Å². The van der Waals surface area contributed by atoms with E-state index >= 15 is 0 Å². The maximum Gasteiger partial charge on any atom is 0.313 e. The minimum Gasteiger partial charge on any atom is -0.466 e. The van der Waals surface area contributed by atoms with Crippen molar-refractivity contribution in [1.82, 2.24) is 0 Å². The summed E-state index contributed by atoms with van der Waals surface area (Å²) in [5.41, 5.74) is 0. The van der Waals surface area contributed by atoms with Gasteiger partial charge in [-0.1, -0.05) is 0 Å². The van der Waals surface area contributed by atoms with Crippen molar-refractivity contribution in [3.63, 3.8) is 0 Å². The summed E-state index contributed by atoms with van der Waals surface area (Å²) in [5.74, 6) is 0.404. The number of esters is 1. The summed E-state index contributed by atoms with van der Waals surface area (Å²) in [7, 11) is 0. The second-order valence-electron chi connectivity index (χ2n) is 2.19. The Balaban J connectivity index is 2.46. The Morgan fingerprint density at radius 3 is 2.92 bits per heavy atom. The Hall–Kier alpha value is -0.520. The molecule has 0 bridgehead atoms. The molecule has 1 aromatic heterocycles. The molecule has 0 amide bonds. The second-order valence-corrected chi connectivity index (χ2v) is 3.25. The molecule has 66 valence electrons. The molecule has 0 aliphatic rings. The van der Waals surface area contributed by atoms with E-state index < -0.39 is 0 Å². The molecule has 1 aromatic rings. The maximum absolute atomic E-state index is 10.9. The number of carbonyl (C=O) groups excluding carboxylic acids is 1. The van der Waals surface area contributed by atoms with Crippen molar-refractivity contribution in [1.29, 1.82) is 0 Å². The molecule has 3 nitrogen and oxygen atoms in total. The van der Waals surface area contributed by atoms with Crippen LogP contribution in [-0.4, -0.2) is 12.6 Å². The van der Waals surface area contributed by atoms with Gasteiger partial charge in [0.15, 0.2) is 3.77 Å². The van der Waals surface area contributed by atoms with Crippen molar-refractivity contribution >= 4 is 28.6 Å². The van der Waals surface area contributed by atoms with Crippen LogP contribution in [0.4, 0.5) is 0 Å². The lowest BCUT2D eigenvalue weighted by Crippen LogP contribution is -2.06. The third-order valence-corrected chi connectivity index (χ3v) is 1.83. The van der Waals surface area contributed by atoms with E-state index in [9.17, 15) is 4.79 Å². The first kappa shape index (κ1) is 9.57. The first-order valence-electron chi connectivity index (χ1n) is 3.62. The molecule has 1 heterocycles. The molecular formula is C8H9IO3. The molecule has 0 saturated heterocycles. The molecule has 4 heteroatoms. The fourth-order valence-electron chi connectivity index (χ4n) is 0.801. The number of halogens is 1. The zero-order valence-corrected chi connectivity index (χ0v) is 8.83. The summed E-state index contributed by atoms with van der Waals surface area (Å²) in [6.07, 6.45) is 0.219. The Morgan fingerprint density at radius 2 is 2.42 bits per heavy atom. The van der Waals surface area contributed by atoms with Crippen LogP contribution in [0.1, 0.15) is 12.7 Å². The molecule has 1 rings (SSSR count). The lowest BCUT2D eigenvalue weighted by atomic mass is 10.3. The largest absolute Gasteiger partial charge is 0.466 e. The minimum atomic E-state index is -0.247. The Bertz CT molecular complexity index is 267. The molecule has 0 aliphatic heterocycles. The van der Waals surface area contributed by atoms with Gasteiger partial charge in [-0.2, -0.15) is 0 Å². The Kier molecular flexibility index (Phi) is 3.58. The summed E-state index contributed by atoms with van der Waals surface area (Å²) in [6, 6.07) is 3.59. The van der Waals surface area contributed by atoms with Crippen LogP contribution in [0.5, 0.6) is 0 Å². The number of hydrogen-bond acceptors (Lipinski definition) is 3. The minimum absolute atomic E-state index is 0.219. The highest BCUT2D eigenvalue weighted by Crippen LogP contribution is 2.10. The van der Waals surface area contributed by atoms with Gasteiger partial charge in [0.05, 0.1) is 6.61 Å². The number of ether oxygens (including phenoxy) is 1. The molecule has 0 spiro atoms. The van der Waals surface area contributed by atoms with Crippen LogP contribution >= 0.6 is 22.6 Å². The van der Waals surface area contributed by atoms with Crippen LogP contribution in [0.3, 0.4) is 0 Å². The van der Waals surface area contributed by atoms with Gasteiger partial charge >= 0.3 is 5.97 Å². The van der Waals surface area contributed by atoms with Crippen LogP contribution in [0.2, 0.25) is 0 Å². The molecule has 0 aromatic carbocycles. The van der Waals surface area contributed by atoms with Gasteiger partial charge in [0.25, 0.3) is 0 Å². The normalized spacial score (nSPS) is 9.83. The summed E-state index contributed by atoms with van der Waals surface area (Å²) in [6.45, 7) is 2.19. The lowest BCUT2D eigenvalue weighted by molar-refractivity contribution is -0.142. The standard InChI is InChI=1S/C8H9IO3/c1-2-11-8(10)5-6-3-4-7(9)12-6/h3-4H,2,5H2,1H3. The number of rotatable bonds is 3. The van der Waals surface area contributed by atoms with Crippen molar-refractivity contribution in [3.05, 3.63) is 21.7 Å². The van der Waals surface area contributed by atoms with Gasteiger partial charge in [0, 0.05) is 0 Å². The Morgan fingerprint density at radius 1 is 1.67 bits per heavy atom. The van der Waals surface area contributed by atoms with Crippen molar-refractivity contribution in [2.45, 2.75) is 13.3 Å². The van der Waals surface area contributed by atoms with E-state index in [0.29, 0.717) is 12.4 Å². The topological polar surface area (TPSA) is 39.4 Å². The van der Waals surface area contributed by atoms with Gasteiger partial charge in [-0.05, 0) is 41.6 Å². The number of furan rings is 1. The van der Waals surface area contributed by atoms with Crippen molar-refractivity contribution in [2.24, 2.45) is 0 Å². The predicted molar refractivity (Wildman–Crippen MR) is 51.8 cm³/mol. The van der Waals surface area contributed by atoms with Gasteiger partial charge < -0.3 is 9.15 Å². The van der Waals surface area contributed by atoms with E-state index in [-0.39, 0.29) is 12.4 Å². The summed E-state index contributed by atoms with van der Waals surface area (Å²) in [5, 5.41) is 0. The quantitative estimate of drug-likeness (QED) is 0.628. The monoisotopic (exact) mass is 280 g/mol. The highest BCUT2D eigenvalue weighted by atomic mass is 127. The van der Waals surface area contributed by atoms with Gasteiger partial charge in [0.1, 0.15) is 12.2 Å². The highest BCUT2D eigenvalue weighted by molar-refractivity contribution is 14.1. The first-order chi connectivity index (χ1) is 5.72. The molecule has 0 saturated carbocycles. The second kappa shape index (κ2) is 4.49. The zero-order chi connectivity index (χ0) is 8.97. The third kappa shape index (κ3) is 2.84. The lowest BCUT2D eigenvalue weighted by Gasteiger charge is -1.97. The highest BCUT2D eigenvalue weighted by Gasteiger charge is 2.06. The molecule has 0 fully saturated rings. The molecule has 0 aliphatic carbocycles. The fourth-order valence-corrected chi connectivity index (χ4v) is 1.26. The molecule has 0 atom stereocenters. The smallest absolute Gasteiger partial charge is 0.313 e. The van der Waals surface area contributed by atoms with Gasteiger partial charge in [-0.25, -0.2) is 0 Å². The van der Waals surface area contributed by atoms with Crippen molar-refractivity contribution in [2.75, 3.05) is 6.61 Å². The van der Waals surface area contributed by atoms with Crippen LogP contribution in [0.15, 0.2) is 16.5 Å². The van der Waals surface area contributed by atoms with Gasteiger partial charge in [-0.15, -0.1) is 0 Å². The summed E-state index contributed by atoms with van der Waals surface area (Å²) >= 11 is 2.05. The van der Waals surface area contributed by atoms with Crippen molar-refractivity contribution < 1.29 is 13.9 Å². The summed E-state index contributed by atoms with van der Waals surface area (Å²) < 4.78 is 10.7. The molecule has 0 N–H and O–H groups in total. The predicted octanol–water partition coefficient (Wildman–Crippen LogP) is 1.99. The SMILES string of the molecule is CCOC(=O)Cc1ccc(I)o1.